The molecule has 0 radical (unpaired) electrons. The molecule has 2 amide bonds. The fourth-order valence-electron chi connectivity index (χ4n) is 3.24. The van der Waals surface area contributed by atoms with Crippen molar-refractivity contribution >= 4 is 23.4 Å². The van der Waals surface area contributed by atoms with Gasteiger partial charge >= 0.3 is 0 Å². The summed E-state index contributed by atoms with van der Waals surface area (Å²) in [6.07, 6.45) is 3.78. The van der Waals surface area contributed by atoms with Gasteiger partial charge in [-0.2, -0.15) is 0 Å². The molecular weight excluding hydrogens is 398 g/mol. The molecule has 0 aliphatic heterocycles. The fourth-order valence-corrected chi connectivity index (χ4v) is 3.36. The highest BCUT2D eigenvalue weighted by Crippen LogP contribution is 2.21. The van der Waals surface area contributed by atoms with Gasteiger partial charge in [0, 0.05) is 37.9 Å². The van der Waals surface area contributed by atoms with Crippen LogP contribution in [-0.2, 0) is 29.7 Å². The molecule has 5 nitrogen and oxygen atoms in total. The van der Waals surface area contributed by atoms with E-state index in [1.807, 2.05) is 79.0 Å². The summed E-state index contributed by atoms with van der Waals surface area (Å²) in [6, 6.07) is 13.9. The lowest BCUT2D eigenvalue weighted by atomic mass is 9.94. The number of unbranched alkanes of at least 4 members (excludes halogenated alkanes) is 1. The SMILES string of the molecule is CCCCN(CC(=O)N(Cc1ccccc1)Cc1cccn1C)C(=O)C(C)(C)CCl. The molecule has 0 saturated heterocycles. The van der Waals surface area contributed by atoms with Crippen molar-refractivity contribution in [1.29, 1.82) is 0 Å². The Kier molecular flexibility index (Phi) is 8.97. The molecule has 0 unspecified atom stereocenters. The summed E-state index contributed by atoms with van der Waals surface area (Å²) in [5.74, 6) is 0.0902. The third kappa shape index (κ3) is 6.63. The predicted molar refractivity (Wildman–Crippen MR) is 122 cm³/mol. The molecule has 30 heavy (non-hydrogen) atoms. The summed E-state index contributed by atoms with van der Waals surface area (Å²) in [7, 11) is 1.97. The van der Waals surface area contributed by atoms with Gasteiger partial charge in [-0.15, -0.1) is 11.6 Å². The van der Waals surface area contributed by atoms with Crippen LogP contribution in [0.25, 0.3) is 0 Å². The molecule has 0 atom stereocenters. The van der Waals surface area contributed by atoms with E-state index in [0.29, 0.717) is 19.6 Å². The minimum atomic E-state index is -0.696. The molecule has 6 heteroatoms. The molecule has 0 bridgehead atoms. The van der Waals surface area contributed by atoms with Crippen molar-refractivity contribution in [3.8, 4) is 0 Å². The Morgan fingerprint density at radius 1 is 1.03 bits per heavy atom. The van der Waals surface area contributed by atoms with Crippen LogP contribution in [0.4, 0.5) is 0 Å². The number of hydrogen-bond acceptors (Lipinski definition) is 2. The maximum absolute atomic E-state index is 13.4. The molecule has 1 heterocycles. The smallest absolute Gasteiger partial charge is 0.242 e. The molecule has 164 valence electrons. The topological polar surface area (TPSA) is 45.6 Å². The van der Waals surface area contributed by atoms with Gasteiger partial charge in [-0.05, 0) is 38.0 Å². The predicted octanol–water partition coefficient (Wildman–Crippen LogP) is 4.45. The van der Waals surface area contributed by atoms with Gasteiger partial charge in [-0.3, -0.25) is 9.59 Å². The summed E-state index contributed by atoms with van der Waals surface area (Å²) < 4.78 is 2.02. The van der Waals surface area contributed by atoms with E-state index >= 15 is 0 Å². The molecule has 0 aliphatic carbocycles. The third-order valence-electron chi connectivity index (χ3n) is 5.28. The van der Waals surface area contributed by atoms with Crippen LogP contribution in [0.2, 0.25) is 0 Å². The number of alkyl halides is 1. The van der Waals surface area contributed by atoms with Crippen molar-refractivity contribution in [3.63, 3.8) is 0 Å². The number of nitrogens with zero attached hydrogens (tertiary/aromatic N) is 3. The molecule has 0 fully saturated rings. The number of hydrogen-bond donors (Lipinski definition) is 0. The Balaban J connectivity index is 2.22. The van der Waals surface area contributed by atoms with Crippen molar-refractivity contribution in [3.05, 3.63) is 59.9 Å². The van der Waals surface area contributed by atoms with E-state index in [9.17, 15) is 9.59 Å². The zero-order valence-corrected chi connectivity index (χ0v) is 19.4. The van der Waals surface area contributed by atoms with Crippen molar-refractivity contribution in [2.75, 3.05) is 19.0 Å². The standard InChI is InChI=1S/C24H34ClN3O2/c1-5-6-15-27(23(30)24(2,3)19-25)18-22(29)28(16-20-11-8-7-9-12-20)17-21-13-10-14-26(21)4/h7-14H,5-6,15-19H2,1-4H3. The van der Waals surface area contributed by atoms with Gasteiger partial charge in [-0.25, -0.2) is 0 Å². The van der Waals surface area contributed by atoms with Crippen LogP contribution in [0.3, 0.4) is 0 Å². The van der Waals surface area contributed by atoms with Crippen molar-refractivity contribution in [1.82, 2.24) is 14.4 Å². The summed E-state index contributed by atoms with van der Waals surface area (Å²) in [6.45, 7) is 7.36. The fraction of sp³-hybridized carbons (Fsp3) is 0.500. The second kappa shape index (κ2) is 11.2. The number of carbonyl (C=O) groups excluding carboxylic acids is 2. The molecular formula is C24H34ClN3O2. The average Bonchev–Trinajstić information content (AvgIpc) is 3.15. The second-order valence-corrected chi connectivity index (χ2v) is 8.71. The lowest BCUT2D eigenvalue weighted by Crippen LogP contribution is -2.48. The summed E-state index contributed by atoms with van der Waals surface area (Å²) in [5, 5.41) is 0. The van der Waals surface area contributed by atoms with Gasteiger partial charge in [0.1, 0.15) is 0 Å². The van der Waals surface area contributed by atoms with Gasteiger partial charge in [0.25, 0.3) is 0 Å². The van der Waals surface area contributed by atoms with E-state index in [1.165, 1.54) is 0 Å². The maximum atomic E-state index is 13.4. The zero-order valence-electron chi connectivity index (χ0n) is 18.6. The highest BCUT2D eigenvalue weighted by molar-refractivity contribution is 6.19. The summed E-state index contributed by atoms with van der Waals surface area (Å²) >= 11 is 6.04. The highest BCUT2D eigenvalue weighted by Gasteiger charge is 2.32. The summed E-state index contributed by atoms with van der Waals surface area (Å²) in [5.41, 5.74) is 1.41. The number of amides is 2. The molecule has 0 N–H and O–H groups in total. The normalized spacial score (nSPS) is 11.4. The van der Waals surface area contributed by atoms with E-state index in [4.69, 9.17) is 11.6 Å². The van der Waals surface area contributed by atoms with Gasteiger partial charge in [-0.1, -0.05) is 43.7 Å². The van der Waals surface area contributed by atoms with E-state index < -0.39 is 5.41 Å². The molecule has 1 aromatic carbocycles. The first kappa shape index (κ1) is 24.0. The Bertz CT molecular complexity index is 817. The lowest BCUT2D eigenvalue weighted by molar-refractivity contribution is -0.146. The van der Waals surface area contributed by atoms with Crippen LogP contribution >= 0.6 is 11.6 Å². The number of carbonyl (C=O) groups is 2. The first-order valence-electron chi connectivity index (χ1n) is 10.6. The second-order valence-electron chi connectivity index (χ2n) is 8.44. The van der Waals surface area contributed by atoms with Crippen molar-refractivity contribution in [2.45, 2.75) is 46.7 Å². The Morgan fingerprint density at radius 2 is 1.73 bits per heavy atom. The van der Waals surface area contributed by atoms with Crippen molar-refractivity contribution in [2.24, 2.45) is 12.5 Å². The van der Waals surface area contributed by atoms with Gasteiger partial charge < -0.3 is 14.4 Å². The van der Waals surface area contributed by atoms with E-state index in [-0.39, 0.29) is 24.2 Å². The first-order chi connectivity index (χ1) is 14.3. The van der Waals surface area contributed by atoms with Gasteiger partial charge in [0.15, 0.2) is 0 Å². The number of halogens is 1. The van der Waals surface area contributed by atoms with Gasteiger partial charge in [0.05, 0.1) is 18.5 Å². The van der Waals surface area contributed by atoms with Crippen LogP contribution in [0.1, 0.15) is 44.9 Å². The number of aromatic nitrogens is 1. The summed E-state index contributed by atoms with van der Waals surface area (Å²) in [4.78, 5) is 29.9. The Morgan fingerprint density at radius 3 is 2.30 bits per heavy atom. The first-order valence-corrected chi connectivity index (χ1v) is 11.1. The average molecular weight is 432 g/mol. The largest absolute Gasteiger partial charge is 0.353 e. The maximum Gasteiger partial charge on any atom is 0.242 e. The molecule has 2 rings (SSSR count). The Labute approximate surface area is 185 Å². The van der Waals surface area contributed by atoms with E-state index in [2.05, 4.69) is 6.92 Å². The minimum absolute atomic E-state index is 0.0603. The van der Waals surface area contributed by atoms with Gasteiger partial charge in [0.2, 0.25) is 11.8 Å². The molecule has 0 spiro atoms. The quantitative estimate of drug-likeness (QED) is 0.493. The van der Waals surface area contributed by atoms with Crippen LogP contribution in [0.15, 0.2) is 48.7 Å². The van der Waals surface area contributed by atoms with Crippen LogP contribution in [0, 0.1) is 5.41 Å². The van der Waals surface area contributed by atoms with Crippen LogP contribution < -0.4 is 0 Å². The lowest BCUT2D eigenvalue weighted by Gasteiger charge is -2.32. The van der Waals surface area contributed by atoms with Crippen LogP contribution in [0.5, 0.6) is 0 Å². The van der Waals surface area contributed by atoms with Crippen LogP contribution in [-0.4, -0.2) is 45.2 Å². The zero-order chi connectivity index (χ0) is 22.1. The van der Waals surface area contributed by atoms with E-state index in [1.54, 1.807) is 4.90 Å². The molecule has 2 aromatic rings. The number of benzene rings is 1. The number of rotatable bonds is 11. The third-order valence-corrected chi connectivity index (χ3v) is 5.95. The highest BCUT2D eigenvalue weighted by atomic mass is 35.5. The molecule has 0 aliphatic rings. The Hall–Kier alpha value is -2.27. The molecule has 1 aromatic heterocycles. The molecule has 0 saturated carbocycles. The number of aryl methyl sites for hydroxylation is 1. The minimum Gasteiger partial charge on any atom is -0.353 e. The van der Waals surface area contributed by atoms with Crippen molar-refractivity contribution < 1.29 is 9.59 Å². The van der Waals surface area contributed by atoms with E-state index in [0.717, 1.165) is 24.1 Å². The monoisotopic (exact) mass is 431 g/mol.